The van der Waals surface area contributed by atoms with Gasteiger partial charge in [0.05, 0.1) is 7.11 Å². The molecule has 2 heterocycles. The molecule has 0 saturated carbocycles. The number of methoxy groups -OCH3 is 1. The molecule has 2 aromatic heterocycles. The first kappa shape index (κ1) is 17.5. The highest BCUT2D eigenvalue weighted by Gasteiger charge is 2.07. The highest BCUT2D eigenvalue weighted by Crippen LogP contribution is 2.09. The Labute approximate surface area is 141 Å². The summed E-state index contributed by atoms with van der Waals surface area (Å²) in [6, 6.07) is 5.11. The molecular formula is C16H22N6O2. The van der Waals surface area contributed by atoms with Crippen molar-refractivity contribution in [2.75, 3.05) is 37.4 Å². The summed E-state index contributed by atoms with van der Waals surface area (Å²) in [5, 5.41) is 9.07. The highest BCUT2D eigenvalue weighted by atomic mass is 16.5. The summed E-state index contributed by atoms with van der Waals surface area (Å²) in [6.07, 6.45) is 1.54. The number of aromatic nitrogens is 3. The minimum atomic E-state index is -0.184. The Kier molecular flexibility index (Phi) is 6.30. The third-order valence-corrected chi connectivity index (χ3v) is 3.11. The Hall–Kier alpha value is -2.90. The first-order chi connectivity index (χ1) is 11.6. The lowest BCUT2D eigenvalue weighted by Gasteiger charge is -2.10. The molecule has 0 aliphatic carbocycles. The molecule has 3 N–H and O–H groups in total. The van der Waals surface area contributed by atoms with Gasteiger partial charge in [-0.25, -0.2) is 9.97 Å². The standard InChI is InChI=1S/C16H22N6O2/c1-4-17-13-9-11(2)21-16(22-13)20-8-7-19-15(23)12-5-6-18-14(10-12)24-3/h5-6,9-10H,4,7-8H2,1-3H3,(H,19,23)(H2,17,20,21,22). The van der Waals surface area contributed by atoms with Gasteiger partial charge in [-0.15, -0.1) is 0 Å². The van der Waals surface area contributed by atoms with Crippen LogP contribution >= 0.6 is 0 Å². The molecule has 0 atom stereocenters. The van der Waals surface area contributed by atoms with E-state index in [2.05, 4.69) is 30.9 Å². The Morgan fingerprint density at radius 2 is 2.04 bits per heavy atom. The fraction of sp³-hybridized carbons (Fsp3) is 0.375. The molecule has 8 nitrogen and oxygen atoms in total. The summed E-state index contributed by atoms with van der Waals surface area (Å²) >= 11 is 0. The number of aryl methyl sites for hydroxylation is 1. The number of pyridine rings is 1. The van der Waals surface area contributed by atoms with Crippen molar-refractivity contribution in [2.45, 2.75) is 13.8 Å². The van der Waals surface area contributed by atoms with Crippen LogP contribution in [-0.2, 0) is 0 Å². The third-order valence-electron chi connectivity index (χ3n) is 3.11. The fourth-order valence-corrected chi connectivity index (χ4v) is 2.03. The van der Waals surface area contributed by atoms with Crippen molar-refractivity contribution < 1.29 is 9.53 Å². The van der Waals surface area contributed by atoms with E-state index in [1.165, 1.54) is 13.3 Å². The zero-order valence-electron chi connectivity index (χ0n) is 14.1. The Balaban J connectivity index is 1.83. The Morgan fingerprint density at radius 1 is 1.21 bits per heavy atom. The summed E-state index contributed by atoms with van der Waals surface area (Å²) in [5.41, 5.74) is 1.37. The zero-order chi connectivity index (χ0) is 17.4. The maximum absolute atomic E-state index is 12.1. The molecule has 0 aromatic carbocycles. The van der Waals surface area contributed by atoms with E-state index in [1.54, 1.807) is 12.1 Å². The molecule has 0 bridgehead atoms. The van der Waals surface area contributed by atoms with Crippen molar-refractivity contribution in [1.29, 1.82) is 0 Å². The molecule has 0 saturated heterocycles. The fourth-order valence-electron chi connectivity index (χ4n) is 2.03. The van der Waals surface area contributed by atoms with Crippen LogP contribution in [0.3, 0.4) is 0 Å². The maximum Gasteiger partial charge on any atom is 0.251 e. The average Bonchev–Trinajstić information content (AvgIpc) is 2.58. The van der Waals surface area contributed by atoms with Gasteiger partial charge in [0, 0.05) is 49.2 Å². The van der Waals surface area contributed by atoms with Crippen LogP contribution in [0.5, 0.6) is 5.88 Å². The maximum atomic E-state index is 12.1. The van der Waals surface area contributed by atoms with E-state index in [4.69, 9.17) is 4.74 Å². The Bertz CT molecular complexity index is 692. The summed E-state index contributed by atoms with van der Waals surface area (Å²) < 4.78 is 5.00. The van der Waals surface area contributed by atoms with Crippen LogP contribution in [-0.4, -0.2) is 47.6 Å². The van der Waals surface area contributed by atoms with Gasteiger partial charge in [-0.2, -0.15) is 4.98 Å². The van der Waals surface area contributed by atoms with Crippen LogP contribution in [0.15, 0.2) is 24.4 Å². The topological polar surface area (TPSA) is 101 Å². The minimum Gasteiger partial charge on any atom is -0.481 e. The number of carbonyl (C=O) groups is 1. The number of hydrogen-bond acceptors (Lipinski definition) is 7. The van der Waals surface area contributed by atoms with Gasteiger partial charge in [0.1, 0.15) is 5.82 Å². The van der Waals surface area contributed by atoms with E-state index in [0.717, 1.165) is 18.1 Å². The molecule has 0 aliphatic rings. The van der Waals surface area contributed by atoms with Crippen LogP contribution in [0.1, 0.15) is 23.0 Å². The Morgan fingerprint density at radius 3 is 2.79 bits per heavy atom. The molecule has 1 amide bonds. The predicted molar refractivity (Wildman–Crippen MR) is 92.5 cm³/mol. The molecule has 0 fully saturated rings. The van der Waals surface area contributed by atoms with E-state index in [1.807, 2.05) is 19.9 Å². The molecule has 8 heteroatoms. The third kappa shape index (κ3) is 5.08. The van der Waals surface area contributed by atoms with Gasteiger partial charge in [-0.05, 0) is 19.9 Å². The first-order valence-corrected chi connectivity index (χ1v) is 7.74. The average molecular weight is 330 g/mol. The summed E-state index contributed by atoms with van der Waals surface area (Å²) in [6.45, 7) is 5.67. The van der Waals surface area contributed by atoms with Crippen molar-refractivity contribution in [1.82, 2.24) is 20.3 Å². The molecule has 2 rings (SSSR count). The van der Waals surface area contributed by atoms with Gasteiger partial charge in [-0.3, -0.25) is 4.79 Å². The lowest BCUT2D eigenvalue weighted by molar-refractivity contribution is 0.0954. The van der Waals surface area contributed by atoms with Crippen LogP contribution in [0, 0.1) is 6.92 Å². The highest BCUT2D eigenvalue weighted by molar-refractivity contribution is 5.94. The number of ether oxygens (including phenoxy) is 1. The smallest absolute Gasteiger partial charge is 0.251 e. The van der Waals surface area contributed by atoms with E-state index in [-0.39, 0.29) is 5.91 Å². The second-order valence-electron chi connectivity index (χ2n) is 5.02. The van der Waals surface area contributed by atoms with Crippen LogP contribution in [0.25, 0.3) is 0 Å². The summed E-state index contributed by atoms with van der Waals surface area (Å²) in [7, 11) is 1.51. The van der Waals surface area contributed by atoms with Crippen LogP contribution < -0.4 is 20.7 Å². The van der Waals surface area contributed by atoms with Crippen LogP contribution in [0.4, 0.5) is 11.8 Å². The number of nitrogens with zero attached hydrogens (tertiary/aromatic N) is 3. The second-order valence-corrected chi connectivity index (χ2v) is 5.02. The lowest BCUT2D eigenvalue weighted by Crippen LogP contribution is -2.29. The molecule has 0 aliphatic heterocycles. The van der Waals surface area contributed by atoms with E-state index >= 15 is 0 Å². The molecule has 0 unspecified atom stereocenters. The molecule has 0 spiro atoms. The molecule has 2 aromatic rings. The lowest BCUT2D eigenvalue weighted by atomic mass is 10.2. The predicted octanol–water partition coefficient (Wildman–Crippen LogP) is 1.46. The quantitative estimate of drug-likeness (QED) is 0.630. The SMILES string of the molecule is CCNc1cc(C)nc(NCCNC(=O)c2ccnc(OC)c2)n1. The number of amides is 1. The monoisotopic (exact) mass is 330 g/mol. The van der Waals surface area contributed by atoms with E-state index < -0.39 is 0 Å². The number of carbonyl (C=O) groups excluding carboxylic acids is 1. The van der Waals surface area contributed by atoms with Gasteiger partial charge in [0.15, 0.2) is 0 Å². The molecule has 0 radical (unpaired) electrons. The first-order valence-electron chi connectivity index (χ1n) is 7.74. The number of nitrogens with one attached hydrogen (secondary N) is 3. The van der Waals surface area contributed by atoms with E-state index in [0.29, 0.717) is 30.5 Å². The number of hydrogen-bond donors (Lipinski definition) is 3. The number of rotatable bonds is 8. The second kappa shape index (κ2) is 8.66. The molecular weight excluding hydrogens is 308 g/mol. The van der Waals surface area contributed by atoms with Gasteiger partial charge in [-0.1, -0.05) is 0 Å². The van der Waals surface area contributed by atoms with Crippen molar-refractivity contribution in [3.05, 3.63) is 35.7 Å². The summed E-state index contributed by atoms with van der Waals surface area (Å²) in [4.78, 5) is 24.7. The van der Waals surface area contributed by atoms with Crippen molar-refractivity contribution in [2.24, 2.45) is 0 Å². The van der Waals surface area contributed by atoms with Crippen molar-refractivity contribution in [3.63, 3.8) is 0 Å². The molecule has 24 heavy (non-hydrogen) atoms. The number of anilines is 2. The van der Waals surface area contributed by atoms with Gasteiger partial charge in [0.2, 0.25) is 11.8 Å². The normalized spacial score (nSPS) is 10.1. The van der Waals surface area contributed by atoms with Crippen LogP contribution in [0.2, 0.25) is 0 Å². The zero-order valence-corrected chi connectivity index (χ0v) is 14.1. The van der Waals surface area contributed by atoms with Crippen molar-refractivity contribution in [3.8, 4) is 5.88 Å². The largest absolute Gasteiger partial charge is 0.481 e. The van der Waals surface area contributed by atoms with Gasteiger partial charge in [0.25, 0.3) is 5.91 Å². The molecule has 128 valence electrons. The van der Waals surface area contributed by atoms with Crippen molar-refractivity contribution >= 4 is 17.7 Å². The summed E-state index contributed by atoms with van der Waals surface area (Å²) in [5.74, 6) is 1.53. The van der Waals surface area contributed by atoms with Gasteiger partial charge >= 0.3 is 0 Å². The van der Waals surface area contributed by atoms with Gasteiger partial charge < -0.3 is 20.7 Å². The van der Waals surface area contributed by atoms with E-state index in [9.17, 15) is 4.79 Å². The minimum absolute atomic E-state index is 0.184.